The molecule has 0 fully saturated rings. The fourth-order valence-corrected chi connectivity index (χ4v) is 3.88. The van der Waals surface area contributed by atoms with Gasteiger partial charge in [0.05, 0.1) is 28.0 Å². The second-order valence-corrected chi connectivity index (χ2v) is 7.35. The van der Waals surface area contributed by atoms with Gasteiger partial charge in [-0.25, -0.2) is 0 Å². The molecule has 2 N–H and O–H groups in total. The molecule has 4 rings (SSSR count). The Morgan fingerprint density at radius 2 is 1.86 bits per heavy atom. The van der Waals surface area contributed by atoms with Crippen LogP contribution in [0.3, 0.4) is 0 Å². The summed E-state index contributed by atoms with van der Waals surface area (Å²) in [6.07, 6.45) is -0.811. The van der Waals surface area contributed by atoms with E-state index in [1.807, 2.05) is 11.4 Å². The normalized spacial score (nSPS) is 12.8. The average molecular weight is 401 g/mol. The fraction of sp³-hybridized carbons (Fsp3) is 0.143. The number of nitrogens with one attached hydrogen (secondary N) is 1. The first kappa shape index (κ1) is 18.6. The van der Waals surface area contributed by atoms with Crippen LogP contribution in [-0.4, -0.2) is 21.4 Å². The van der Waals surface area contributed by atoms with E-state index in [0.29, 0.717) is 22.6 Å². The first-order chi connectivity index (χ1) is 14.1. The third-order valence-corrected chi connectivity index (χ3v) is 5.45. The summed E-state index contributed by atoms with van der Waals surface area (Å²) in [6.45, 7) is 1.64. The van der Waals surface area contributed by atoms with Gasteiger partial charge in [0.15, 0.2) is 0 Å². The largest absolute Gasteiger partial charge is 0.418 e. The number of nitrogens with zero attached hydrogens (tertiary/aromatic N) is 4. The van der Waals surface area contributed by atoms with Gasteiger partial charge in [-0.2, -0.15) is 10.5 Å². The summed E-state index contributed by atoms with van der Waals surface area (Å²) in [5.41, 5.74) is 2.60. The summed E-state index contributed by atoms with van der Waals surface area (Å²) in [7, 11) is 0. The Labute approximate surface area is 170 Å². The number of nitriles is 2. The van der Waals surface area contributed by atoms with E-state index in [0.717, 1.165) is 15.8 Å². The molecule has 2 aromatic heterocycles. The molecule has 0 bridgehead atoms. The standard InChI is InChI=1S/C21H15N5O2S/c1-12(27)18(24-17-7-6-15(11-23)19-16(17)8-9-29-19)21-26-25-20(28-21)14-4-2-13(10-22)3-5-14/h2-9,12,18,24,27H,1H3/t12?,18-/m1/s1. The van der Waals surface area contributed by atoms with Crippen molar-refractivity contribution in [3.05, 3.63) is 64.9 Å². The van der Waals surface area contributed by atoms with Gasteiger partial charge >= 0.3 is 0 Å². The Balaban J connectivity index is 1.66. The van der Waals surface area contributed by atoms with Gasteiger partial charge in [0.1, 0.15) is 12.1 Å². The lowest BCUT2D eigenvalue weighted by Crippen LogP contribution is -2.23. The summed E-state index contributed by atoms with van der Waals surface area (Å²) in [4.78, 5) is 0. The molecule has 0 radical (unpaired) electrons. The van der Waals surface area contributed by atoms with Crippen molar-refractivity contribution in [2.45, 2.75) is 19.1 Å². The van der Waals surface area contributed by atoms with Crippen LogP contribution in [0.5, 0.6) is 0 Å². The van der Waals surface area contributed by atoms with Crippen LogP contribution < -0.4 is 5.32 Å². The molecule has 4 aromatic rings. The molecule has 0 saturated carbocycles. The average Bonchev–Trinajstić information content (AvgIpc) is 3.42. The van der Waals surface area contributed by atoms with Gasteiger partial charge in [0.2, 0.25) is 11.8 Å². The number of aromatic nitrogens is 2. The summed E-state index contributed by atoms with van der Waals surface area (Å²) < 4.78 is 6.68. The topological polar surface area (TPSA) is 119 Å². The number of thiophene rings is 1. The third kappa shape index (κ3) is 3.55. The summed E-state index contributed by atoms with van der Waals surface area (Å²) in [6, 6.07) is 15.9. The summed E-state index contributed by atoms with van der Waals surface area (Å²) in [5, 5.41) is 42.8. The number of rotatable bonds is 5. The maximum atomic E-state index is 10.3. The second kappa shape index (κ2) is 7.72. The predicted octanol–water partition coefficient (Wildman–Crippen LogP) is 4.23. The molecule has 0 saturated heterocycles. The van der Waals surface area contributed by atoms with Gasteiger partial charge < -0.3 is 14.8 Å². The van der Waals surface area contributed by atoms with Crippen molar-refractivity contribution in [3.63, 3.8) is 0 Å². The molecule has 1 unspecified atom stereocenters. The Hall–Kier alpha value is -3.72. The number of hydrogen-bond donors (Lipinski definition) is 2. The van der Waals surface area contributed by atoms with Crippen molar-refractivity contribution in [2.24, 2.45) is 0 Å². The molecule has 29 heavy (non-hydrogen) atoms. The number of hydrogen-bond acceptors (Lipinski definition) is 8. The van der Waals surface area contributed by atoms with E-state index in [9.17, 15) is 10.4 Å². The quantitative estimate of drug-likeness (QED) is 0.513. The van der Waals surface area contributed by atoms with Crippen molar-refractivity contribution < 1.29 is 9.52 Å². The monoisotopic (exact) mass is 401 g/mol. The smallest absolute Gasteiger partial charge is 0.247 e. The highest BCUT2D eigenvalue weighted by atomic mass is 32.1. The van der Waals surface area contributed by atoms with Crippen molar-refractivity contribution in [1.29, 1.82) is 10.5 Å². The molecule has 2 aromatic carbocycles. The number of benzene rings is 2. The zero-order chi connectivity index (χ0) is 20.4. The molecule has 7 nitrogen and oxygen atoms in total. The van der Waals surface area contributed by atoms with E-state index in [1.54, 1.807) is 43.3 Å². The molecule has 8 heteroatoms. The van der Waals surface area contributed by atoms with E-state index in [2.05, 4.69) is 27.7 Å². The second-order valence-electron chi connectivity index (χ2n) is 6.43. The van der Waals surface area contributed by atoms with Crippen LogP contribution in [0.15, 0.2) is 52.3 Å². The number of anilines is 1. The van der Waals surface area contributed by atoms with E-state index in [-0.39, 0.29) is 5.89 Å². The van der Waals surface area contributed by atoms with Crippen LogP contribution in [0.4, 0.5) is 5.69 Å². The van der Waals surface area contributed by atoms with Crippen molar-refractivity contribution in [1.82, 2.24) is 10.2 Å². The van der Waals surface area contributed by atoms with Crippen LogP contribution in [0.1, 0.15) is 30.0 Å². The fourth-order valence-electron chi connectivity index (χ4n) is 3.00. The van der Waals surface area contributed by atoms with E-state index in [1.165, 1.54) is 11.3 Å². The molecule has 142 valence electrons. The molecule has 0 aliphatic carbocycles. The van der Waals surface area contributed by atoms with Gasteiger partial charge in [-0.05, 0) is 54.8 Å². The Morgan fingerprint density at radius 1 is 1.07 bits per heavy atom. The highest BCUT2D eigenvalue weighted by Crippen LogP contribution is 2.34. The first-order valence-corrected chi connectivity index (χ1v) is 9.67. The van der Waals surface area contributed by atoms with E-state index in [4.69, 9.17) is 9.68 Å². The lowest BCUT2D eigenvalue weighted by atomic mass is 10.1. The molecule has 2 atom stereocenters. The molecule has 0 spiro atoms. The van der Waals surface area contributed by atoms with Crippen LogP contribution in [0.2, 0.25) is 0 Å². The van der Waals surface area contributed by atoms with Crippen LogP contribution in [-0.2, 0) is 0 Å². The predicted molar refractivity (Wildman–Crippen MR) is 109 cm³/mol. The summed E-state index contributed by atoms with van der Waals surface area (Å²) >= 11 is 1.49. The molecule has 0 aliphatic rings. The number of aliphatic hydroxyl groups excluding tert-OH is 1. The number of aliphatic hydroxyl groups is 1. The highest BCUT2D eigenvalue weighted by Gasteiger charge is 2.25. The zero-order valence-corrected chi connectivity index (χ0v) is 16.1. The highest BCUT2D eigenvalue weighted by molar-refractivity contribution is 7.17. The Bertz CT molecular complexity index is 1240. The minimum Gasteiger partial charge on any atom is -0.418 e. The third-order valence-electron chi connectivity index (χ3n) is 4.50. The molecule has 2 heterocycles. The van der Waals surface area contributed by atoms with Crippen molar-refractivity contribution >= 4 is 27.1 Å². The first-order valence-electron chi connectivity index (χ1n) is 8.79. The molecule has 0 aliphatic heterocycles. The molecule has 0 amide bonds. The van der Waals surface area contributed by atoms with Gasteiger partial charge in [0.25, 0.3) is 0 Å². The zero-order valence-electron chi connectivity index (χ0n) is 15.3. The van der Waals surface area contributed by atoms with Crippen molar-refractivity contribution in [3.8, 4) is 23.6 Å². The Kier molecular flexibility index (Phi) is 4.96. The van der Waals surface area contributed by atoms with Gasteiger partial charge in [-0.1, -0.05) is 0 Å². The maximum Gasteiger partial charge on any atom is 0.247 e. The molecular weight excluding hydrogens is 386 g/mol. The van der Waals surface area contributed by atoms with E-state index >= 15 is 0 Å². The minimum atomic E-state index is -0.811. The van der Waals surface area contributed by atoms with Crippen molar-refractivity contribution in [2.75, 3.05) is 5.32 Å². The van der Waals surface area contributed by atoms with Crippen LogP contribution >= 0.6 is 11.3 Å². The lowest BCUT2D eigenvalue weighted by molar-refractivity contribution is 0.160. The molecular formula is C21H15N5O2S. The van der Waals surface area contributed by atoms with E-state index < -0.39 is 12.1 Å². The van der Waals surface area contributed by atoms with Gasteiger partial charge in [0, 0.05) is 16.6 Å². The Morgan fingerprint density at radius 3 is 2.55 bits per heavy atom. The van der Waals surface area contributed by atoms with Crippen LogP contribution in [0, 0.1) is 22.7 Å². The lowest BCUT2D eigenvalue weighted by Gasteiger charge is -2.20. The van der Waals surface area contributed by atoms with Gasteiger partial charge in [-0.3, -0.25) is 0 Å². The SMILES string of the molecule is CC(O)[C@@H](Nc1ccc(C#N)c2sccc12)c1nnc(-c2ccc(C#N)cc2)o1. The number of fused-ring (bicyclic) bond motifs is 1. The summed E-state index contributed by atoms with van der Waals surface area (Å²) in [5.74, 6) is 0.546. The van der Waals surface area contributed by atoms with Gasteiger partial charge in [-0.15, -0.1) is 21.5 Å². The maximum absolute atomic E-state index is 10.3. The minimum absolute atomic E-state index is 0.243. The van der Waals surface area contributed by atoms with Crippen LogP contribution in [0.25, 0.3) is 21.5 Å².